The standard InChI is InChI=1S/C33H23N3/c1-3-13-24-22(10-1)12-9-16-26(24)32-30-18-7-8-21-35(30)33(34-32)36-28-17-6-5-15-27(28)31-25-14-4-2-11-23(25)19-20-29(31)36/h1-5,7-16,18-21H,6,17H2. The van der Waals surface area contributed by atoms with Gasteiger partial charge in [-0.2, -0.15) is 0 Å². The van der Waals surface area contributed by atoms with Gasteiger partial charge in [0.15, 0.2) is 0 Å². The summed E-state index contributed by atoms with van der Waals surface area (Å²) in [5.74, 6) is 0.949. The van der Waals surface area contributed by atoms with Gasteiger partial charge < -0.3 is 0 Å². The van der Waals surface area contributed by atoms with E-state index in [1.807, 2.05) is 0 Å². The molecular formula is C33H23N3. The van der Waals surface area contributed by atoms with E-state index in [9.17, 15) is 0 Å². The van der Waals surface area contributed by atoms with Crippen LogP contribution in [-0.2, 0) is 6.42 Å². The van der Waals surface area contributed by atoms with Crippen LogP contribution in [0.3, 0.4) is 0 Å². The second-order valence-electron chi connectivity index (χ2n) is 9.56. The minimum Gasteiger partial charge on any atom is -0.285 e. The highest BCUT2D eigenvalue weighted by atomic mass is 15.2. The molecule has 0 fully saturated rings. The Labute approximate surface area is 208 Å². The Hall–Kier alpha value is -4.63. The molecule has 1 aliphatic carbocycles. The average molecular weight is 462 g/mol. The van der Waals surface area contributed by atoms with Crippen molar-refractivity contribution in [3.8, 4) is 17.2 Å². The molecule has 0 aliphatic heterocycles. The first-order valence-corrected chi connectivity index (χ1v) is 12.6. The number of allylic oxidation sites excluding steroid dienone is 1. The van der Waals surface area contributed by atoms with Crippen LogP contribution in [0.15, 0.2) is 109 Å². The molecular weight excluding hydrogens is 438 g/mol. The molecule has 0 atom stereocenters. The number of hydrogen-bond acceptors (Lipinski definition) is 1. The molecule has 36 heavy (non-hydrogen) atoms. The topological polar surface area (TPSA) is 22.2 Å². The Morgan fingerprint density at radius 2 is 1.44 bits per heavy atom. The van der Waals surface area contributed by atoms with E-state index in [2.05, 4.69) is 124 Å². The van der Waals surface area contributed by atoms with Crippen LogP contribution in [0.25, 0.3) is 61.2 Å². The third-order valence-electron chi connectivity index (χ3n) is 7.60. The molecule has 0 unspecified atom stereocenters. The van der Waals surface area contributed by atoms with Gasteiger partial charge in [-0.05, 0) is 52.6 Å². The second kappa shape index (κ2) is 7.43. The average Bonchev–Trinajstić information content (AvgIpc) is 3.48. The lowest BCUT2D eigenvalue weighted by molar-refractivity contribution is 0.844. The van der Waals surface area contributed by atoms with Crippen LogP contribution in [-0.4, -0.2) is 14.0 Å². The highest BCUT2D eigenvalue weighted by Gasteiger charge is 2.24. The summed E-state index contributed by atoms with van der Waals surface area (Å²) in [5, 5.41) is 6.34. The molecule has 7 aromatic rings. The third kappa shape index (κ3) is 2.65. The fourth-order valence-electron chi connectivity index (χ4n) is 6.02. The lowest BCUT2D eigenvalue weighted by Gasteiger charge is -2.12. The number of nitrogens with zero attached hydrogens (tertiary/aromatic N) is 3. The summed E-state index contributed by atoms with van der Waals surface area (Å²) in [6, 6.07) is 34.7. The summed E-state index contributed by atoms with van der Waals surface area (Å²) in [6.07, 6.45) is 8.80. The van der Waals surface area contributed by atoms with Gasteiger partial charge in [0.2, 0.25) is 5.95 Å². The zero-order chi connectivity index (χ0) is 23.6. The summed E-state index contributed by atoms with van der Waals surface area (Å²) < 4.78 is 4.66. The summed E-state index contributed by atoms with van der Waals surface area (Å²) in [4.78, 5) is 5.39. The molecule has 3 aromatic heterocycles. The predicted octanol–water partition coefficient (Wildman–Crippen LogP) is 8.21. The van der Waals surface area contributed by atoms with Crippen molar-refractivity contribution >= 4 is 44.0 Å². The highest BCUT2D eigenvalue weighted by molar-refractivity contribution is 6.12. The maximum absolute atomic E-state index is 5.39. The summed E-state index contributed by atoms with van der Waals surface area (Å²) in [7, 11) is 0. The van der Waals surface area contributed by atoms with E-state index in [0.29, 0.717) is 0 Å². The molecule has 0 saturated carbocycles. The molecule has 170 valence electrons. The van der Waals surface area contributed by atoms with Crippen molar-refractivity contribution in [3.63, 3.8) is 0 Å². The summed E-state index contributed by atoms with van der Waals surface area (Å²) in [6.45, 7) is 0. The van der Waals surface area contributed by atoms with Gasteiger partial charge in [-0.25, -0.2) is 4.98 Å². The SMILES string of the molecule is C1=Cc2c(n(-c3nc(-c4cccc5ccccc45)c4ccccn34)c3ccc4ccccc4c23)CC1. The first-order chi connectivity index (χ1) is 17.9. The van der Waals surface area contributed by atoms with Gasteiger partial charge in [0, 0.05) is 28.4 Å². The summed E-state index contributed by atoms with van der Waals surface area (Å²) >= 11 is 0. The zero-order valence-electron chi connectivity index (χ0n) is 19.7. The van der Waals surface area contributed by atoms with Crippen molar-refractivity contribution in [1.29, 1.82) is 0 Å². The van der Waals surface area contributed by atoms with Crippen LogP contribution >= 0.6 is 0 Å². The number of rotatable bonds is 2. The van der Waals surface area contributed by atoms with Gasteiger partial charge in [-0.15, -0.1) is 0 Å². The fraction of sp³-hybridized carbons (Fsp3) is 0.0606. The Bertz CT molecular complexity index is 2000. The van der Waals surface area contributed by atoms with Crippen LogP contribution < -0.4 is 0 Å². The molecule has 0 saturated heterocycles. The Morgan fingerprint density at radius 3 is 2.36 bits per heavy atom. The molecule has 4 aromatic carbocycles. The van der Waals surface area contributed by atoms with Crippen molar-refractivity contribution in [3.05, 3.63) is 121 Å². The van der Waals surface area contributed by atoms with E-state index in [4.69, 9.17) is 4.98 Å². The lowest BCUT2D eigenvalue weighted by Crippen LogP contribution is -2.06. The number of fused-ring (bicyclic) bond motifs is 7. The van der Waals surface area contributed by atoms with Gasteiger partial charge in [-0.3, -0.25) is 8.97 Å². The van der Waals surface area contributed by atoms with Gasteiger partial charge >= 0.3 is 0 Å². The van der Waals surface area contributed by atoms with Crippen LogP contribution in [0.2, 0.25) is 0 Å². The van der Waals surface area contributed by atoms with Crippen molar-refractivity contribution in [2.45, 2.75) is 12.8 Å². The molecule has 0 radical (unpaired) electrons. The van der Waals surface area contributed by atoms with Crippen molar-refractivity contribution in [2.75, 3.05) is 0 Å². The number of pyridine rings is 1. The molecule has 3 heterocycles. The van der Waals surface area contributed by atoms with Crippen LogP contribution in [0.4, 0.5) is 0 Å². The van der Waals surface area contributed by atoms with Crippen molar-refractivity contribution < 1.29 is 0 Å². The van der Waals surface area contributed by atoms with E-state index in [0.717, 1.165) is 30.0 Å². The largest absolute Gasteiger partial charge is 0.285 e. The first-order valence-electron chi connectivity index (χ1n) is 12.6. The third-order valence-corrected chi connectivity index (χ3v) is 7.60. The van der Waals surface area contributed by atoms with Gasteiger partial charge in [0.1, 0.15) is 0 Å². The Kier molecular flexibility index (Phi) is 4.06. The maximum atomic E-state index is 5.39. The zero-order valence-corrected chi connectivity index (χ0v) is 19.7. The molecule has 3 heteroatoms. The quantitative estimate of drug-likeness (QED) is 0.254. The number of imidazole rings is 1. The van der Waals surface area contributed by atoms with Crippen LogP contribution in [0.1, 0.15) is 17.7 Å². The molecule has 3 nitrogen and oxygen atoms in total. The normalized spacial score (nSPS) is 13.2. The van der Waals surface area contributed by atoms with Crippen LogP contribution in [0, 0.1) is 0 Å². The molecule has 0 bridgehead atoms. The van der Waals surface area contributed by atoms with Gasteiger partial charge in [0.25, 0.3) is 0 Å². The van der Waals surface area contributed by atoms with Crippen molar-refractivity contribution in [1.82, 2.24) is 14.0 Å². The highest BCUT2D eigenvalue weighted by Crippen LogP contribution is 2.39. The number of aromatic nitrogens is 3. The first kappa shape index (κ1) is 19.7. The van der Waals surface area contributed by atoms with E-state index < -0.39 is 0 Å². The molecule has 1 aliphatic rings. The van der Waals surface area contributed by atoms with Gasteiger partial charge in [-0.1, -0.05) is 91.0 Å². The number of benzene rings is 4. The molecule has 0 amide bonds. The number of hydrogen-bond donors (Lipinski definition) is 0. The molecule has 0 spiro atoms. The van der Waals surface area contributed by atoms with E-state index >= 15 is 0 Å². The van der Waals surface area contributed by atoms with E-state index in [1.54, 1.807) is 0 Å². The lowest BCUT2D eigenvalue weighted by atomic mass is 9.98. The minimum absolute atomic E-state index is 0.949. The fourth-order valence-corrected chi connectivity index (χ4v) is 6.02. The van der Waals surface area contributed by atoms with E-state index in [-0.39, 0.29) is 0 Å². The maximum Gasteiger partial charge on any atom is 0.219 e. The monoisotopic (exact) mass is 461 g/mol. The second-order valence-corrected chi connectivity index (χ2v) is 9.56. The Balaban J connectivity index is 1.50. The van der Waals surface area contributed by atoms with Crippen LogP contribution in [0.5, 0.6) is 0 Å². The summed E-state index contributed by atoms with van der Waals surface area (Å²) in [5.41, 5.74) is 7.18. The smallest absolute Gasteiger partial charge is 0.219 e. The Morgan fingerprint density at radius 1 is 0.667 bits per heavy atom. The molecule has 8 rings (SSSR count). The van der Waals surface area contributed by atoms with E-state index in [1.165, 1.54) is 49.3 Å². The van der Waals surface area contributed by atoms with Gasteiger partial charge in [0.05, 0.1) is 16.7 Å². The predicted molar refractivity (Wildman–Crippen MR) is 150 cm³/mol. The minimum atomic E-state index is 0.949. The molecule has 0 N–H and O–H groups in total. The van der Waals surface area contributed by atoms with Crippen molar-refractivity contribution in [2.24, 2.45) is 0 Å².